The molecule has 0 atom stereocenters. The smallest absolute Gasteiger partial charge is 0.423 e. The van der Waals surface area contributed by atoms with E-state index in [4.69, 9.17) is 14.2 Å². The number of carbonyl (C=O) groups excluding carboxylic acids is 2. The fourth-order valence-electron chi connectivity index (χ4n) is 5.16. The van der Waals surface area contributed by atoms with E-state index in [0.29, 0.717) is 29.5 Å². The number of carbonyl (C=O) groups is 2. The number of alkyl halides is 6. The highest BCUT2D eigenvalue weighted by atomic mass is 19.4. The number of para-hydroxylation sites is 2. The Morgan fingerprint density at radius 3 is 1.50 bits per heavy atom. The van der Waals surface area contributed by atoms with Gasteiger partial charge in [0.15, 0.2) is 0 Å². The minimum absolute atomic E-state index is 0.0567. The summed E-state index contributed by atoms with van der Waals surface area (Å²) in [4.78, 5) is 39.3. The Bertz CT molecular complexity index is 2470. The topological polar surface area (TPSA) is 162 Å². The zero-order chi connectivity index (χ0) is 45.6. The van der Waals surface area contributed by atoms with Gasteiger partial charge in [-0.15, -0.1) is 0 Å². The van der Waals surface area contributed by atoms with Crippen molar-refractivity contribution in [2.75, 3.05) is 31.8 Å². The van der Waals surface area contributed by atoms with Crippen LogP contribution in [0.1, 0.15) is 56.8 Å². The molecule has 62 heavy (non-hydrogen) atoms. The molecule has 2 amide bonds. The van der Waals surface area contributed by atoms with E-state index < -0.39 is 47.1 Å². The highest BCUT2D eigenvalue weighted by Crippen LogP contribution is 2.39. The highest BCUT2D eigenvalue weighted by molar-refractivity contribution is 5.97. The zero-order valence-corrected chi connectivity index (χ0v) is 34.4. The zero-order valence-electron chi connectivity index (χ0n) is 34.4. The van der Waals surface area contributed by atoms with Crippen LogP contribution in [0.15, 0.2) is 103 Å². The van der Waals surface area contributed by atoms with Crippen LogP contribution in [0.5, 0.6) is 29.0 Å². The van der Waals surface area contributed by atoms with Crippen molar-refractivity contribution in [1.82, 2.24) is 30.6 Å². The minimum Gasteiger partial charge on any atom is -0.497 e. The molecule has 6 aromatic rings. The molecule has 0 aliphatic carbocycles. The lowest BCUT2D eigenvalue weighted by Gasteiger charge is -2.16. The van der Waals surface area contributed by atoms with Gasteiger partial charge in [0, 0.05) is 37.9 Å². The van der Waals surface area contributed by atoms with Gasteiger partial charge < -0.3 is 35.5 Å². The Balaban J connectivity index is 0.000000262. The summed E-state index contributed by atoms with van der Waals surface area (Å²) in [5.41, 5.74) is 0.851. The van der Waals surface area contributed by atoms with Gasteiger partial charge in [0.25, 0.3) is 11.8 Å². The number of rotatable bonds is 11. The number of aryl methyl sites for hydroxylation is 2. The number of aromatic nitrogens is 4. The number of anilines is 4. The van der Waals surface area contributed by atoms with E-state index in [1.165, 1.54) is 51.5 Å². The van der Waals surface area contributed by atoms with Gasteiger partial charge in [-0.05, 0) is 79.6 Å². The third-order valence-electron chi connectivity index (χ3n) is 8.23. The molecule has 0 bridgehead atoms. The Hall–Kier alpha value is -7.44. The van der Waals surface area contributed by atoms with Crippen LogP contribution in [0.25, 0.3) is 0 Å². The molecule has 13 nitrogen and oxygen atoms in total. The second-order valence-electron chi connectivity index (χ2n) is 12.5. The van der Waals surface area contributed by atoms with Crippen LogP contribution in [-0.2, 0) is 12.4 Å². The third kappa shape index (κ3) is 12.5. The van der Waals surface area contributed by atoms with Crippen LogP contribution < -0.4 is 35.5 Å². The first kappa shape index (κ1) is 47.2. The minimum atomic E-state index is -4.75. The van der Waals surface area contributed by atoms with E-state index >= 15 is 0 Å². The Morgan fingerprint density at radius 1 is 0.613 bits per heavy atom. The maximum atomic E-state index is 13.5. The highest BCUT2D eigenvalue weighted by Gasteiger charge is 2.38. The van der Waals surface area contributed by atoms with Crippen LogP contribution in [0.4, 0.5) is 49.6 Å². The van der Waals surface area contributed by atoms with Gasteiger partial charge in [0.2, 0.25) is 23.7 Å². The summed E-state index contributed by atoms with van der Waals surface area (Å²) in [5, 5.41) is 10.6. The molecule has 0 saturated carbocycles. The van der Waals surface area contributed by atoms with Crippen LogP contribution >= 0.6 is 0 Å². The van der Waals surface area contributed by atoms with Crippen molar-refractivity contribution in [3.63, 3.8) is 0 Å². The lowest BCUT2D eigenvalue weighted by atomic mass is 10.1. The van der Waals surface area contributed by atoms with Gasteiger partial charge in [-0.3, -0.25) is 9.59 Å². The van der Waals surface area contributed by atoms with Gasteiger partial charge in [-0.2, -0.15) is 36.3 Å². The van der Waals surface area contributed by atoms with Gasteiger partial charge in [-0.1, -0.05) is 50.2 Å². The molecular formula is C43H42F6N8O5. The van der Waals surface area contributed by atoms with Crippen LogP contribution in [0.2, 0.25) is 0 Å². The lowest BCUT2D eigenvalue weighted by Crippen LogP contribution is -2.19. The van der Waals surface area contributed by atoms with Crippen molar-refractivity contribution < 1.29 is 50.1 Å². The predicted octanol–water partition coefficient (Wildman–Crippen LogP) is 10.4. The molecule has 2 heterocycles. The first-order valence-electron chi connectivity index (χ1n) is 18.6. The fraction of sp³-hybridized carbons (Fsp3) is 0.209. The summed E-state index contributed by atoms with van der Waals surface area (Å²) in [5.74, 6) is -2.14. The third-order valence-corrected chi connectivity index (χ3v) is 8.23. The average molecular weight is 865 g/mol. The van der Waals surface area contributed by atoms with Crippen molar-refractivity contribution in [3.05, 3.63) is 137 Å². The summed E-state index contributed by atoms with van der Waals surface area (Å²) in [6.45, 7) is 7.74. The van der Waals surface area contributed by atoms with Crippen molar-refractivity contribution >= 4 is 35.1 Å². The molecule has 0 saturated heterocycles. The standard InChI is InChI=1S/C21H19F3N4O2.C20H17F3N4O3.C2H6/c1-12-8-9-13(2)16(10-12)27-20-26-11-15(21(22,23)24)19(28-20)30-17-7-5-4-6-14(17)18(29)25-3;1-24-17(28)14-5-3-4-6-16(14)30-18-15(20(21,22)23)11-25-19(27-18)26-12-7-9-13(29-2)10-8-12;1-2/h4-11H,1-3H3,(H,25,29)(H,26,27,28);3-11H,1-2H3,(H,24,28)(H,25,26,27);1-2H3. The largest absolute Gasteiger partial charge is 0.497 e. The van der Waals surface area contributed by atoms with Crippen molar-refractivity contribution in [1.29, 1.82) is 0 Å². The van der Waals surface area contributed by atoms with E-state index in [2.05, 4.69) is 41.2 Å². The molecule has 4 N–H and O–H groups in total. The summed E-state index contributed by atoms with van der Waals surface area (Å²) < 4.78 is 96.7. The molecule has 19 heteroatoms. The first-order chi connectivity index (χ1) is 29.5. The maximum Gasteiger partial charge on any atom is 0.423 e. The number of amides is 2. The first-order valence-corrected chi connectivity index (χ1v) is 18.6. The van der Waals surface area contributed by atoms with Gasteiger partial charge in [-0.25, -0.2) is 9.97 Å². The van der Waals surface area contributed by atoms with E-state index in [0.717, 1.165) is 11.1 Å². The summed E-state index contributed by atoms with van der Waals surface area (Å²) in [6.07, 6.45) is -8.22. The summed E-state index contributed by atoms with van der Waals surface area (Å²) in [6, 6.07) is 24.1. The molecule has 0 unspecified atom stereocenters. The van der Waals surface area contributed by atoms with Crippen molar-refractivity contribution in [2.45, 2.75) is 40.0 Å². The number of hydrogen-bond donors (Lipinski definition) is 4. The van der Waals surface area contributed by atoms with Gasteiger partial charge >= 0.3 is 12.4 Å². The van der Waals surface area contributed by atoms with Gasteiger partial charge in [0.05, 0.1) is 18.2 Å². The average Bonchev–Trinajstić information content (AvgIpc) is 3.25. The fourth-order valence-corrected chi connectivity index (χ4v) is 5.16. The molecule has 0 radical (unpaired) electrons. The molecule has 6 rings (SSSR count). The lowest BCUT2D eigenvalue weighted by molar-refractivity contribution is -0.140. The number of hydrogen-bond acceptors (Lipinski definition) is 11. The summed E-state index contributed by atoms with van der Waals surface area (Å²) >= 11 is 0. The monoisotopic (exact) mass is 864 g/mol. The number of ether oxygens (including phenoxy) is 3. The Morgan fingerprint density at radius 2 is 1.06 bits per heavy atom. The van der Waals surface area contributed by atoms with Crippen molar-refractivity contribution in [3.8, 4) is 29.0 Å². The molecule has 2 aromatic heterocycles. The van der Waals surface area contributed by atoms with E-state index in [9.17, 15) is 35.9 Å². The van der Waals surface area contributed by atoms with Gasteiger partial charge in [0.1, 0.15) is 28.4 Å². The number of nitrogens with one attached hydrogen (secondary N) is 4. The number of benzene rings is 4. The van der Waals surface area contributed by atoms with E-state index in [1.54, 1.807) is 42.5 Å². The molecular weight excluding hydrogens is 823 g/mol. The SMILES string of the molecule is CC.CNC(=O)c1ccccc1Oc1nc(Nc2cc(C)ccc2C)ncc1C(F)(F)F.CNC(=O)c1ccccc1Oc1nc(Nc2ccc(OC)cc2)ncc1C(F)(F)F. The molecule has 326 valence electrons. The van der Waals surface area contributed by atoms with Crippen LogP contribution in [-0.4, -0.2) is 53.0 Å². The van der Waals surface area contributed by atoms with E-state index in [-0.39, 0.29) is 34.5 Å². The van der Waals surface area contributed by atoms with Crippen LogP contribution in [0, 0.1) is 13.8 Å². The second kappa shape index (κ2) is 21.2. The van der Waals surface area contributed by atoms with Crippen LogP contribution in [0.3, 0.4) is 0 Å². The second-order valence-corrected chi connectivity index (χ2v) is 12.5. The maximum absolute atomic E-state index is 13.5. The molecule has 0 fully saturated rings. The number of halogens is 6. The van der Waals surface area contributed by atoms with E-state index in [1.807, 2.05) is 45.9 Å². The normalized spacial score (nSPS) is 10.8. The predicted molar refractivity (Wildman–Crippen MR) is 221 cm³/mol. The molecule has 0 spiro atoms. The molecule has 4 aromatic carbocycles. The Labute approximate surface area is 352 Å². The Kier molecular flexibility index (Phi) is 16.1. The number of methoxy groups -OCH3 is 1. The van der Waals surface area contributed by atoms with Crippen molar-refractivity contribution in [2.24, 2.45) is 0 Å². The molecule has 0 aliphatic rings. The summed E-state index contributed by atoms with van der Waals surface area (Å²) in [7, 11) is 4.33. The molecule has 0 aliphatic heterocycles. The quantitative estimate of drug-likeness (QED) is 0.0918. The number of nitrogens with zero attached hydrogens (tertiary/aromatic N) is 4.